The fourth-order valence-electron chi connectivity index (χ4n) is 2.31. The number of ether oxygens (including phenoxy) is 1. The third-order valence-corrected chi connectivity index (χ3v) is 4.96. The maximum Gasteiger partial charge on any atom is 0.279 e. The van der Waals surface area contributed by atoms with E-state index in [0.29, 0.717) is 25.6 Å². The zero-order chi connectivity index (χ0) is 13.3. The smallest absolute Gasteiger partial charge is 0.279 e. The first-order valence-electron chi connectivity index (χ1n) is 6.54. The number of rotatable bonds is 5. The minimum atomic E-state index is -3.43. The molecule has 0 bridgehead atoms. The molecule has 0 radical (unpaired) electrons. The first-order chi connectivity index (χ1) is 8.38. The molecule has 114 valence electrons. The van der Waals surface area contributed by atoms with Gasteiger partial charge in [0.05, 0.1) is 12.2 Å². The molecule has 1 aliphatic carbocycles. The highest BCUT2D eigenvalue weighted by Crippen LogP contribution is 2.31. The second-order valence-corrected chi connectivity index (χ2v) is 7.18. The van der Waals surface area contributed by atoms with Crippen molar-refractivity contribution >= 4 is 22.6 Å². The van der Waals surface area contributed by atoms with Crippen LogP contribution in [0.1, 0.15) is 26.7 Å². The number of nitrogens with zero attached hydrogens (tertiary/aromatic N) is 1. The number of hydrogen-bond acceptors (Lipinski definition) is 4. The van der Waals surface area contributed by atoms with Gasteiger partial charge in [-0.3, -0.25) is 0 Å². The van der Waals surface area contributed by atoms with E-state index in [9.17, 15) is 8.42 Å². The average Bonchev–Trinajstić information content (AvgIpc) is 3.08. The summed E-state index contributed by atoms with van der Waals surface area (Å²) in [5, 5.41) is 0. The second-order valence-electron chi connectivity index (χ2n) is 5.43. The molecule has 0 aromatic rings. The molecule has 3 unspecified atom stereocenters. The maximum atomic E-state index is 12.1. The molecule has 1 saturated carbocycles. The minimum Gasteiger partial charge on any atom is -0.373 e. The van der Waals surface area contributed by atoms with Gasteiger partial charge in [0.25, 0.3) is 10.2 Å². The third-order valence-electron chi connectivity index (χ3n) is 3.45. The quantitative estimate of drug-likeness (QED) is 0.753. The third kappa shape index (κ3) is 4.84. The first-order valence-corrected chi connectivity index (χ1v) is 7.98. The van der Waals surface area contributed by atoms with Crippen molar-refractivity contribution < 1.29 is 13.2 Å². The van der Waals surface area contributed by atoms with Crippen molar-refractivity contribution in [3.8, 4) is 0 Å². The zero-order valence-electron chi connectivity index (χ0n) is 11.4. The molecule has 1 heterocycles. The summed E-state index contributed by atoms with van der Waals surface area (Å²) in [6, 6.07) is -0.0596. The van der Waals surface area contributed by atoms with E-state index in [1.165, 1.54) is 4.31 Å². The van der Waals surface area contributed by atoms with Gasteiger partial charge in [0.15, 0.2) is 0 Å². The molecule has 3 N–H and O–H groups in total. The highest BCUT2D eigenvalue weighted by Gasteiger charge is 2.33. The summed E-state index contributed by atoms with van der Waals surface area (Å²) < 4.78 is 33.8. The fourth-order valence-corrected chi connectivity index (χ4v) is 3.71. The molecule has 0 amide bonds. The molecule has 0 aromatic carbocycles. The Morgan fingerprint density at radius 1 is 1.32 bits per heavy atom. The fraction of sp³-hybridized carbons (Fsp3) is 1.00. The van der Waals surface area contributed by atoms with E-state index in [0.717, 1.165) is 12.8 Å². The Labute approximate surface area is 121 Å². The van der Waals surface area contributed by atoms with Crippen LogP contribution in [0, 0.1) is 5.92 Å². The van der Waals surface area contributed by atoms with Crippen molar-refractivity contribution in [2.45, 2.75) is 44.9 Å². The van der Waals surface area contributed by atoms with Crippen molar-refractivity contribution in [2.24, 2.45) is 11.7 Å². The summed E-state index contributed by atoms with van der Waals surface area (Å²) in [7, 11) is -3.43. The Kier molecular flexibility index (Phi) is 6.03. The first kappa shape index (κ1) is 17.1. The summed E-state index contributed by atoms with van der Waals surface area (Å²) >= 11 is 0. The summed E-state index contributed by atoms with van der Waals surface area (Å²) in [5.41, 5.74) is 5.90. The SMILES string of the molecule is CC1CN(S(=O)(=O)NCC(N)C2CC2)CC(C)O1.Cl. The van der Waals surface area contributed by atoms with E-state index in [-0.39, 0.29) is 30.7 Å². The van der Waals surface area contributed by atoms with Gasteiger partial charge in [-0.2, -0.15) is 12.7 Å². The van der Waals surface area contributed by atoms with Gasteiger partial charge in [-0.15, -0.1) is 12.4 Å². The maximum absolute atomic E-state index is 12.1. The lowest BCUT2D eigenvalue weighted by Gasteiger charge is -2.34. The topological polar surface area (TPSA) is 84.7 Å². The normalized spacial score (nSPS) is 30.7. The van der Waals surface area contributed by atoms with Crippen LogP contribution in [0.2, 0.25) is 0 Å². The van der Waals surface area contributed by atoms with Gasteiger partial charge < -0.3 is 10.5 Å². The second kappa shape index (κ2) is 6.69. The van der Waals surface area contributed by atoms with Crippen LogP contribution in [0.5, 0.6) is 0 Å². The van der Waals surface area contributed by atoms with E-state index < -0.39 is 10.2 Å². The molecule has 0 spiro atoms. The van der Waals surface area contributed by atoms with E-state index in [1.54, 1.807) is 0 Å². The van der Waals surface area contributed by atoms with Crippen LogP contribution in [0.3, 0.4) is 0 Å². The van der Waals surface area contributed by atoms with E-state index >= 15 is 0 Å². The molecule has 3 atom stereocenters. The van der Waals surface area contributed by atoms with E-state index in [1.807, 2.05) is 13.8 Å². The lowest BCUT2D eigenvalue weighted by molar-refractivity contribution is -0.0443. The Hall–Kier alpha value is 0.0800. The highest BCUT2D eigenvalue weighted by molar-refractivity contribution is 7.87. The van der Waals surface area contributed by atoms with Crippen molar-refractivity contribution in [1.29, 1.82) is 0 Å². The number of nitrogens with two attached hydrogens (primary N) is 1. The Balaban J connectivity index is 0.00000180. The van der Waals surface area contributed by atoms with E-state index in [4.69, 9.17) is 10.5 Å². The summed E-state index contributed by atoms with van der Waals surface area (Å²) in [4.78, 5) is 0. The molecule has 6 nitrogen and oxygen atoms in total. The van der Waals surface area contributed by atoms with Gasteiger partial charge in [0.2, 0.25) is 0 Å². The Morgan fingerprint density at radius 2 is 1.84 bits per heavy atom. The predicted molar refractivity (Wildman–Crippen MR) is 76.5 cm³/mol. The average molecular weight is 314 g/mol. The number of halogens is 1. The molecule has 2 aliphatic rings. The zero-order valence-corrected chi connectivity index (χ0v) is 13.0. The van der Waals surface area contributed by atoms with Crippen LogP contribution < -0.4 is 10.5 Å². The van der Waals surface area contributed by atoms with E-state index in [2.05, 4.69) is 4.72 Å². The van der Waals surface area contributed by atoms with Crippen LogP contribution >= 0.6 is 12.4 Å². The van der Waals surface area contributed by atoms with Gasteiger partial charge in [0.1, 0.15) is 0 Å². The number of nitrogens with one attached hydrogen (secondary N) is 1. The van der Waals surface area contributed by atoms with Gasteiger partial charge in [0, 0.05) is 25.7 Å². The molecular weight excluding hydrogens is 290 g/mol. The molecule has 8 heteroatoms. The Bertz CT molecular complexity index is 379. The molecule has 2 fully saturated rings. The summed E-state index contributed by atoms with van der Waals surface area (Å²) in [5.74, 6) is 0.496. The van der Waals surface area contributed by atoms with Crippen LogP contribution in [0.15, 0.2) is 0 Å². The highest BCUT2D eigenvalue weighted by atomic mass is 35.5. The largest absolute Gasteiger partial charge is 0.373 e. The van der Waals surface area contributed by atoms with Crippen molar-refractivity contribution in [3.05, 3.63) is 0 Å². The minimum absolute atomic E-state index is 0. The standard InChI is InChI=1S/C11H23N3O3S.ClH/c1-8-6-14(7-9(2)17-8)18(15,16)13-5-11(12)10-3-4-10;/h8-11,13H,3-7,12H2,1-2H3;1H. The number of morpholine rings is 1. The molecule has 19 heavy (non-hydrogen) atoms. The molecular formula is C11H24ClN3O3S. The molecule has 1 aliphatic heterocycles. The number of hydrogen-bond donors (Lipinski definition) is 2. The van der Waals surface area contributed by atoms with Crippen LogP contribution in [-0.2, 0) is 14.9 Å². The van der Waals surface area contributed by atoms with Gasteiger partial charge in [-0.1, -0.05) is 0 Å². The van der Waals surface area contributed by atoms with Crippen molar-refractivity contribution in [3.63, 3.8) is 0 Å². The van der Waals surface area contributed by atoms with Crippen molar-refractivity contribution in [2.75, 3.05) is 19.6 Å². The van der Waals surface area contributed by atoms with Gasteiger partial charge >= 0.3 is 0 Å². The van der Waals surface area contributed by atoms with Gasteiger partial charge in [-0.05, 0) is 32.6 Å². The molecule has 2 rings (SSSR count). The lowest BCUT2D eigenvalue weighted by Crippen LogP contribution is -2.53. The lowest BCUT2D eigenvalue weighted by atomic mass is 10.2. The molecule has 1 saturated heterocycles. The monoisotopic (exact) mass is 313 g/mol. The molecule has 0 aromatic heterocycles. The Morgan fingerprint density at radius 3 is 2.32 bits per heavy atom. The summed E-state index contributed by atoms with van der Waals surface area (Å²) in [6.45, 7) is 4.89. The van der Waals surface area contributed by atoms with Crippen molar-refractivity contribution in [1.82, 2.24) is 9.03 Å². The van der Waals surface area contributed by atoms with Crippen LogP contribution in [-0.4, -0.2) is 50.6 Å². The predicted octanol–water partition coefficient (Wildman–Crippen LogP) is 0.0891. The summed E-state index contributed by atoms with van der Waals surface area (Å²) in [6.07, 6.45) is 2.10. The van der Waals surface area contributed by atoms with Crippen LogP contribution in [0.25, 0.3) is 0 Å². The van der Waals surface area contributed by atoms with Gasteiger partial charge in [-0.25, -0.2) is 4.72 Å². The van der Waals surface area contributed by atoms with Crippen LogP contribution in [0.4, 0.5) is 0 Å².